The highest BCUT2D eigenvalue weighted by atomic mass is 35.5. The number of aryl methyl sites for hydroxylation is 1. The topological polar surface area (TPSA) is 69.4 Å². The Labute approximate surface area is 114 Å². The molecule has 6 nitrogen and oxygen atoms in total. The summed E-state index contributed by atoms with van der Waals surface area (Å²) in [4.78, 5) is 4.08. The van der Waals surface area contributed by atoms with E-state index in [4.69, 9.17) is 21.1 Å². The summed E-state index contributed by atoms with van der Waals surface area (Å²) < 4.78 is 12.1. The molecule has 1 aromatic heterocycles. The summed E-state index contributed by atoms with van der Waals surface area (Å²) in [6.45, 7) is 0.151. The van der Waals surface area contributed by atoms with Crippen molar-refractivity contribution in [3.63, 3.8) is 0 Å². The van der Waals surface area contributed by atoms with Crippen LogP contribution in [-0.2, 0) is 13.5 Å². The van der Waals surface area contributed by atoms with Gasteiger partial charge in [-0.05, 0) is 17.7 Å². The number of aliphatic hydroxyl groups excluding tert-OH is 1. The monoisotopic (exact) mass is 281 g/mol. The van der Waals surface area contributed by atoms with Crippen LogP contribution in [0, 0.1) is 0 Å². The lowest BCUT2D eigenvalue weighted by atomic mass is 10.1. The molecule has 0 spiro atoms. The number of halogens is 1. The van der Waals surface area contributed by atoms with E-state index in [1.165, 1.54) is 6.33 Å². The van der Waals surface area contributed by atoms with Crippen LogP contribution in [0.3, 0.4) is 0 Å². The molecule has 0 bridgehead atoms. The van der Waals surface area contributed by atoms with E-state index in [2.05, 4.69) is 10.1 Å². The fourth-order valence-electron chi connectivity index (χ4n) is 1.98. The second-order valence-corrected chi connectivity index (χ2v) is 4.66. The summed E-state index contributed by atoms with van der Waals surface area (Å²) >= 11 is 6.08. The molecule has 0 aliphatic carbocycles. The maximum absolute atomic E-state index is 10.2. The van der Waals surface area contributed by atoms with Crippen LogP contribution in [0.4, 0.5) is 0 Å². The van der Waals surface area contributed by atoms with Gasteiger partial charge in [-0.2, -0.15) is 5.10 Å². The Balaban J connectivity index is 1.86. The summed E-state index contributed by atoms with van der Waals surface area (Å²) in [5.74, 6) is 1.78. The van der Waals surface area contributed by atoms with Gasteiger partial charge in [0.2, 0.25) is 6.79 Å². The fraction of sp³-hybridized carbons (Fsp3) is 0.333. The number of rotatable bonds is 3. The Hall–Kier alpha value is -1.79. The number of nitrogens with zero attached hydrogens (tertiary/aromatic N) is 3. The van der Waals surface area contributed by atoms with Gasteiger partial charge in [0.15, 0.2) is 11.5 Å². The van der Waals surface area contributed by atoms with E-state index >= 15 is 0 Å². The number of benzene rings is 1. The van der Waals surface area contributed by atoms with Crippen molar-refractivity contribution in [2.45, 2.75) is 12.5 Å². The molecule has 1 aromatic carbocycles. The molecule has 0 fully saturated rings. The van der Waals surface area contributed by atoms with E-state index in [1.54, 1.807) is 23.9 Å². The Bertz CT molecular complexity index is 614. The van der Waals surface area contributed by atoms with Gasteiger partial charge in [0, 0.05) is 13.5 Å². The number of aromatic nitrogens is 3. The molecule has 2 aromatic rings. The molecule has 3 rings (SSSR count). The van der Waals surface area contributed by atoms with Crippen LogP contribution in [0.25, 0.3) is 0 Å². The minimum Gasteiger partial charge on any atom is -0.454 e. The van der Waals surface area contributed by atoms with Crippen LogP contribution in [-0.4, -0.2) is 26.7 Å². The lowest BCUT2D eigenvalue weighted by Crippen LogP contribution is -2.07. The highest BCUT2D eigenvalue weighted by molar-refractivity contribution is 6.32. The summed E-state index contributed by atoms with van der Waals surface area (Å²) in [6.07, 6.45) is 1.08. The summed E-state index contributed by atoms with van der Waals surface area (Å²) in [5, 5.41) is 14.6. The lowest BCUT2D eigenvalue weighted by Gasteiger charge is -2.12. The van der Waals surface area contributed by atoms with Gasteiger partial charge >= 0.3 is 0 Å². The van der Waals surface area contributed by atoms with Crippen molar-refractivity contribution in [3.05, 3.63) is 34.9 Å². The van der Waals surface area contributed by atoms with Gasteiger partial charge in [-0.15, -0.1) is 0 Å². The smallest absolute Gasteiger partial charge is 0.231 e. The van der Waals surface area contributed by atoms with Gasteiger partial charge < -0.3 is 14.6 Å². The van der Waals surface area contributed by atoms with E-state index in [0.29, 0.717) is 34.3 Å². The first-order chi connectivity index (χ1) is 9.15. The second-order valence-electron chi connectivity index (χ2n) is 4.26. The van der Waals surface area contributed by atoms with Crippen LogP contribution in [0.15, 0.2) is 18.5 Å². The van der Waals surface area contributed by atoms with Gasteiger partial charge in [-0.3, -0.25) is 4.68 Å². The van der Waals surface area contributed by atoms with E-state index < -0.39 is 6.10 Å². The molecular weight excluding hydrogens is 270 g/mol. The molecule has 100 valence electrons. The first-order valence-corrected chi connectivity index (χ1v) is 6.13. The molecule has 0 radical (unpaired) electrons. The van der Waals surface area contributed by atoms with Crippen molar-refractivity contribution >= 4 is 11.6 Å². The maximum Gasteiger partial charge on any atom is 0.231 e. The predicted octanol–water partition coefficient (Wildman–Crippen LogP) is 1.47. The molecule has 0 amide bonds. The molecule has 0 saturated carbocycles. The van der Waals surface area contributed by atoms with Crippen LogP contribution < -0.4 is 9.47 Å². The summed E-state index contributed by atoms with van der Waals surface area (Å²) in [5.41, 5.74) is 0.664. The Kier molecular flexibility index (Phi) is 3.04. The molecule has 19 heavy (non-hydrogen) atoms. The second kappa shape index (κ2) is 4.71. The van der Waals surface area contributed by atoms with Crippen LogP contribution in [0.5, 0.6) is 11.5 Å². The SMILES string of the molecule is Cn1ncnc1CC(O)c1cc(Cl)c2c(c1)OCO2. The number of aliphatic hydroxyl groups is 1. The standard InChI is InChI=1S/C12H12ClN3O3/c1-16-11(14-5-15-16)4-9(17)7-2-8(13)12-10(3-7)18-6-19-12/h2-3,5,9,17H,4,6H2,1H3. The normalized spacial score (nSPS) is 14.7. The van der Waals surface area contributed by atoms with Crippen LogP contribution in [0.1, 0.15) is 17.5 Å². The van der Waals surface area contributed by atoms with Crippen molar-refractivity contribution in [2.24, 2.45) is 7.05 Å². The van der Waals surface area contributed by atoms with Gasteiger partial charge in [-0.1, -0.05) is 11.6 Å². The lowest BCUT2D eigenvalue weighted by molar-refractivity contribution is 0.170. The van der Waals surface area contributed by atoms with Gasteiger partial charge in [0.05, 0.1) is 11.1 Å². The molecule has 1 aliphatic rings. The Morgan fingerprint density at radius 3 is 3.05 bits per heavy atom. The molecule has 1 atom stereocenters. The molecule has 1 N–H and O–H groups in total. The first-order valence-electron chi connectivity index (χ1n) is 5.75. The number of hydrogen-bond acceptors (Lipinski definition) is 5. The minimum atomic E-state index is -0.727. The van der Waals surface area contributed by atoms with Crippen LogP contribution >= 0.6 is 11.6 Å². The third-order valence-corrected chi connectivity index (χ3v) is 3.30. The van der Waals surface area contributed by atoms with Crippen LogP contribution in [0.2, 0.25) is 5.02 Å². The molecular formula is C12H12ClN3O3. The molecule has 7 heteroatoms. The van der Waals surface area contributed by atoms with E-state index in [0.717, 1.165) is 0 Å². The molecule has 0 saturated heterocycles. The highest BCUT2D eigenvalue weighted by Crippen LogP contribution is 2.41. The van der Waals surface area contributed by atoms with Crippen molar-refractivity contribution in [3.8, 4) is 11.5 Å². The molecule has 2 heterocycles. The number of ether oxygens (including phenoxy) is 2. The zero-order chi connectivity index (χ0) is 13.4. The number of fused-ring (bicyclic) bond motifs is 1. The number of hydrogen-bond donors (Lipinski definition) is 1. The summed E-state index contributed by atoms with van der Waals surface area (Å²) in [7, 11) is 1.78. The van der Waals surface area contributed by atoms with Crippen molar-refractivity contribution in [1.82, 2.24) is 14.8 Å². The average molecular weight is 282 g/mol. The minimum absolute atomic E-state index is 0.151. The van der Waals surface area contributed by atoms with Gasteiger partial charge in [0.1, 0.15) is 12.2 Å². The van der Waals surface area contributed by atoms with Crippen molar-refractivity contribution < 1.29 is 14.6 Å². The average Bonchev–Trinajstić information content (AvgIpc) is 2.99. The molecule has 1 aliphatic heterocycles. The third-order valence-electron chi connectivity index (χ3n) is 3.02. The largest absolute Gasteiger partial charge is 0.454 e. The molecule has 1 unspecified atom stereocenters. The fourth-order valence-corrected chi connectivity index (χ4v) is 2.25. The third kappa shape index (κ3) is 2.24. The maximum atomic E-state index is 10.2. The highest BCUT2D eigenvalue weighted by Gasteiger charge is 2.21. The van der Waals surface area contributed by atoms with Gasteiger partial charge in [-0.25, -0.2) is 4.98 Å². The van der Waals surface area contributed by atoms with E-state index in [9.17, 15) is 5.11 Å². The predicted molar refractivity (Wildman–Crippen MR) is 67.2 cm³/mol. The quantitative estimate of drug-likeness (QED) is 0.923. The van der Waals surface area contributed by atoms with Crippen molar-refractivity contribution in [2.75, 3.05) is 6.79 Å². The summed E-state index contributed by atoms with van der Waals surface area (Å²) in [6, 6.07) is 3.41. The Morgan fingerprint density at radius 2 is 2.32 bits per heavy atom. The van der Waals surface area contributed by atoms with Crippen molar-refractivity contribution in [1.29, 1.82) is 0 Å². The first kappa shape index (κ1) is 12.3. The van der Waals surface area contributed by atoms with Gasteiger partial charge in [0.25, 0.3) is 0 Å². The Morgan fingerprint density at radius 1 is 1.47 bits per heavy atom. The van der Waals surface area contributed by atoms with E-state index in [1.807, 2.05) is 0 Å². The van der Waals surface area contributed by atoms with E-state index in [-0.39, 0.29) is 6.79 Å². The zero-order valence-corrected chi connectivity index (χ0v) is 11.0. The zero-order valence-electron chi connectivity index (χ0n) is 10.2.